The van der Waals surface area contributed by atoms with E-state index in [1.807, 2.05) is 18.2 Å². The highest BCUT2D eigenvalue weighted by molar-refractivity contribution is 7.89. The van der Waals surface area contributed by atoms with E-state index in [-0.39, 0.29) is 11.5 Å². The molecule has 2 heterocycles. The molecule has 1 aliphatic rings. The summed E-state index contributed by atoms with van der Waals surface area (Å²) in [4.78, 5) is 9.92. The summed E-state index contributed by atoms with van der Waals surface area (Å²) in [6.07, 6.45) is 2.62. The minimum atomic E-state index is -3.64. The minimum absolute atomic E-state index is 0.231. The van der Waals surface area contributed by atoms with Crippen LogP contribution in [-0.2, 0) is 21.5 Å². The summed E-state index contributed by atoms with van der Waals surface area (Å²) in [5.41, 5.74) is 2.75. The van der Waals surface area contributed by atoms with Crippen LogP contribution in [0.3, 0.4) is 0 Å². The zero-order chi connectivity index (χ0) is 21.0. The summed E-state index contributed by atoms with van der Waals surface area (Å²) in [7, 11) is -3.64. The predicted octanol–water partition coefficient (Wildman–Crippen LogP) is 3.46. The first kappa shape index (κ1) is 20.0. The molecule has 0 atom stereocenters. The van der Waals surface area contributed by atoms with E-state index in [1.54, 1.807) is 42.6 Å². The molecule has 0 aliphatic carbocycles. The third-order valence-electron chi connectivity index (χ3n) is 4.99. The number of hydrogen-bond donors (Lipinski definition) is 0. The van der Waals surface area contributed by atoms with E-state index in [1.165, 1.54) is 4.31 Å². The smallest absolute Gasteiger partial charge is 0.245 e. The Morgan fingerprint density at radius 2 is 1.87 bits per heavy atom. The lowest BCUT2D eigenvalue weighted by Crippen LogP contribution is -2.38. The molecule has 4 rings (SSSR count). The molecule has 30 heavy (non-hydrogen) atoms. The molecule has 0 bridgehead atoms. The van der Waals surface area contributed by atoms with Gasteiger partial charge in [0.25, 0.3) is 0 Å². The maximum Gasteiger partial charge on any atom is 0.245 e. The van der Waals surface area contributed by atoms with Gasteiger partial charge < -0.3 is 4.84 Å². The molecule has 152 valence electrons. The summed E-state index contributed by atoms with van der Waals surface area (Å²) in [6.45, 7) is 0.956. The van der Waals surface area contributed by atoms with Crippen molar-refractivity contribution >= 4 is 26.6 Å². The van der Waals surface area contributed by atoms with E-state index >= 15 is 0 Å². The van der Waals surface area contributed by atoms with E-state index in [9.17, 15) is 8.42 Å². The number of para-hydroxylation sites is 1. The van der Waals surface area contributed by atoms with Gasteiger partial charge in [-0.2, -0.15) is 9.57 Å². The number of fused-ring (bicyclic) bond motifs is 1. The van der Waals surface area contributed by atoms with Crippen LogP contribution in [-0.4, -0.2) is 36.5 Å². The molecule has 3 aromatic rings. The second-order valence-electron chi connectivity index (χ2n) is 6.98. The maximum atomic E-state index is 13.2. The van der Waals surface area contributed by atoms with Gasteiger partial charge in [0, 0.05) is 37.5 Å². The predicted molar refractivity (Wildman–Crippen MR) is 113 cm³/mol. The van der Waals surface area contributed by atoms with Crippen LogP contribution in [0.2, 0.25) is 0 Å². The Labute approximate surface area is 175 Å². The Balaban J connectivity index is 1.41. The number of oxime groups is 1. The van der Waals surface area contributed by atoms with E-state index in [4.69, 9.17) is 10.1 Å². The molecule has 0 N–H and O–H groups in total. The summed E-state index contributed by atoms with van der Waals surface area (Å²) in [6, 6.07) is 18.1. The fourth-order valence-corrected chi connectivity index (χ4v) is 5.04. The molecule has 0 saturated carbocycles. The SMILES string of the molecule is N#Cc1cccc(CON=C2CCN(S(=O)(=O)c3cccc4cccnc34)CC2)c1. The van der Waals surface area contributed by atoms with Crippen molar-refractivity contribution in [3.05, 3.63) is 71.9 Å². The number of hydrogen-bond acceptors (Lipinski definition) is 6. The lowest BCUT2D eigenvalue weighted by molar-refractivity contribution is 0.128. The lowest BCUT2D eigenvalue weighted by Gasteiger charge is -2.27. The number of benzene rings is 2. The van der Waals surface area contributed by atoms with Gasteiger partial charge in [-0.3, -0.25) is 4.98 Å². The molecule has 1 aliphatic heterocycles. The van der Waals surface area contributed by atoms with Crippen LogP contribution in [0.25, 0.3) is 10.9 Å². The summed E-state index contributed by atoms with van der Waals surface area (Å²) >= 11 is 0. The maximum absolute atomic E-state index is 13.2. The Bertz CT molecular complexity index is 1230. The second-order valence-corrected chi connectivity index (χ2v) is 8.88. The summed E-state index contributed by atoms with van der Waals surface area (Å²) < 4.78 is 27.8. The Morgan fingerprint density at radius 1 is 1.10 bits per heavy atom. The van der Waals surface area contributed by atoms with Crippen LogP contribution in [0, 0.1) is 11.3 Å². The average molecular weight is 420 g/mol. The zero-order valence-electron chi connectivity index (χ0n) is 16.2. The van der Waals surface area contributed by atoms with Gasteiger partial charge in [0.05, 0.1) is 22.9 Å². The van der Waals surface area contributed by atoms with Gasteiger partial charge in [0.2, 0.25) is 10.0 Å². The number of piperidine rings is 1. The molecule has 1 fully saturated rings. The number of sulfonamides is 1. The standard InChI is InChI=1S/C22H20N4O3S/c23-15-17-4-1-5-18(14-17)16-29-25-20-9-12-26(13-10-20)30(27,28)21-8-2-6-19-7-3-11-24-22(19)21/h1-8,11,14H,9-10,12-13,16H2. The van der Waals surface area contributed by atoms with Crippen molar-refractivity contribution in [3.63, 3.8) is 0 Å². The summed E-state index contributed by atoms with van der Waals surface area (Å²) in [5, 5.41) is 13.9. The number of rotatable bonds is 5. The quantitative estimate of drug-likeness (QED) is 0.589. The highest BCUT2D eigenvalue weighted by Gasteiger charge is 2.29. The molecule has 1 aromatic heterocycles. The topological polar surface area (TPSA) is 95.6 Å². The Kier molecular flexibility index (Phi) is 5.74. The van der Waals surface area contributed by atoms with E-state index < -0.39 is 10.0 Å². The van der Waals surface area contributed by atoms with Crippen LogP contribution >= 0.6 is 0 Å². The van der Waals surface area contributed by atoms with Crippen molar-refractivity contribution in [2.45, 2.75) is 24.3 Å². The molecule has 0 spiro atoms. The van der Waals surface area contributed by atoms with E-state index in [0.717, 1.165) is 16.7 Å². The number of nitrogens with zero attached hydrogens (tertiary/aromatic N) is 4. The van der Waals surface area contributed by atoms with Crippen molar-refractivity contribution in [1.82, 2.24) is 9.29 Å². The highest BCUT2D eigenvalue weighted by Crippen LogP contribution is 2.25. The van der Waals surface area contributed by atoms with Crippen LogP contribution < -0.4 is 0 Å². The van der Waals surface area contributed by atoms with Crippen LogP contribution in [0.15, 0.2) is 70.8 Å². The van der Waals surface area contributed by atoms with Gasteiger partial charge in [0.15, 0.2) is 0 Å². The normalized spacial score (nSPS) is 15.0. The van der Waals surface area contributed by atoms with E-state index in [0.29, 0.717) is 37.0 Å². The molecule has 8 heteroatoms. The fraction of sp³-hybridized carbons (Fsp3) is 0.227. The Morgan fingerprint density at radius 3 is 2.67 bits per heavy atom. The van der Waals surface area contributed by atoms with Gasteiger partial charge in [-0.05, 0) is 29.8 Å². The molecule has 0 radical (unpaired) electrons. The van der Waals surface area contributed by atoms with Crippen LogP contribution in [0.4, 0.5) is 0 Å². The van der Waals surface area contributed by atoms with Crippen molar-refractivity contribution in [1.29, 1.82) is 5.26 Å². The van der Waals surface area contributed by atoms with Crippen LogP contribution in [0.5, 0.6) is 0 Å². The van der Waals surface area contributed by atoms with Gasteiger partial charge in [0.1, 0.15) is 11.5 Å². The first-order valence-corrected chi connectivity index (χ1v) is 11.0. The molecule has 2 aromatic carbocycles. The van der Waals surface area contributed by atoms with Crippen molar-refractivity contribution < 1.29 is 13.3 Å². The molecule has 1 saturated heterocycles. The van der Waals surface area contributed by atoms with Crippen molar-refractivity contribution in [2.75, 3.05) is 13.1 Å². The lowest BCUT2D eigenvalue weighted by atomic mass is 10.1. The first-order chi connectivity index (χ1) is 14.6. The summed E-state index contributed by atoms with van der Waals surface area (Å²) in [5.74, 6) is 0. The molecule has 7 nitrogen and oxygen atoms in total. The van der Waals surface area contributed by atoms with Gasteiger partial charge in [-0.1, -0.05) is 35.5 Å². The zero-order valence-corrected chi connectivity index (χ0v) is 17.0. The third kappa shape index (κ3) is 4.17. The largest absolute Gasteiger partial charge is 0.391 e. The molecular weight excluding hydrogens is 400 g/mol. The minimum Gasteiger partial charge on any atom is -0.391 e. The van der Waals surface area contributed by atoms with Crippen LogP contribution in [0.1, 0.15) is 24.0 Å². The van der Waals surface area contributed by atoms with Crippen molar-refractivity contribution in [3.8, 4) is 6.07 Å². The van der Waals surface area contributed by atoms with E-state index in [2.05, 4.69) is 16.2 Å². The molecule has 0 unspecified atom stereocenters. The molecule has 0 amide bonds. The number of nitriles is 1. The average Bonchev–Trinajstić information content (AvgIpc) is 2.79. The number of aromatic nitrogens is 1. The first-order valence-electron chi connectivity index (χ1n) is 9.58. The molecular formula is C22H20N4O3S. The Hall–Kier alpha value is -3.28. The van der Waals surface area contributed by atoms with Crippen molar-refractivity contribution in [2.24, 2.45) is 5.16 Å². The van der Waals surface area contributed by atoms with Gasteiger partial charge in [-0.15, -0.1) is 0 Å². The third-order valence-corrected chi connectivity index (χ3v) is 6.92. The second kappa shape index (κ2) is 8.61. The van der Waals surface area contributed by atoms with Gasteiger partial charge >= 0.3 is 0 Å². The monoisotopic (exact) mass is 420 g/mol. The highest BCUT2D eigenvalue weighted by atomic mass is 32.2. The van der Waals surface area contributed by atoms with Gasteiger partial charge in [-0.25, -0.2) is 8.42 Å². The fourth-order valence-electron chi connectivity index (χ4n) is 3.43. The number of pyridine rings is 1.